The molecule has 2 N–H and O–H groups in total. The van der Waals surface area contributed by atoms with Gasteiger partial charge in [0.2, 0.25) is 0 Å². The van der Waals surface area contributed by atoms with Crippen molar-refractivity contribution in [3.63, 3.8) is 0 Å². The number of carbonyl (C=O) groups is 2. The molecule has 0 aliphatic heterocycles. The highest BCUT2D eigenvalue weighted by molar-refractivity contribution is 5.93. The molecule has 120 valence electrons. The molecule has 0 aromatic heterocycles. The van der Waals surface area contributed by atoms with E-state index >= 15 is 0 Å². The molecule has 2 rings (SSSR count). The SMILES string of the molecule is COC(=O)C(C)NC(=O)C(O)(c1ccccc1)c1ccccc1. The summed E-state index contributed by atoms with van der Waals surface area (Å²) >= 11 is 0. The van der Waals surface area contributed by atoms with E-state index in [1.165, 1.54) is 14.0 Å². The van der Waals surface area contributed by atoms with Crippen molar-refractivity contribution < 1.29 is 19.4 Å². The Hall–Kier alpha value is -2.66. The van der Waals surface area contributed by atoms with Gasteiger partial charge < -0.3 is 15.2 Å². The Labute approximate surface area is 134 Å². The van der Waals surface area contributed by atoms with Crippen molar-refractivity contribution >= 4 is 11.9 Å². The van der Waals surface area contributed by atoms with Gasteiger partial charge in [-0.15, -0.1) is 0 Å². The Morgan fingerprint density at radius 3 is 1.83 bits per heavy atom. The summed E-state index contributed by atoms with van der Waals surface area (Å²) in [5, 5.41) is 13.7. The van der Waals surface area contributed by atoms with Crippen LogP contribution < -0.4 is 5.32 Å². The maximum Gasteiger partial charge on any atom is 0.328 e. The highest BCUT2D eigenvalue weighted by Crippen LogP contribution is 2.30. The van der Waals surface area contributed by atoms with Gasteiger partial charge in [0.1, 0.15) is 6.04 Å². The maximum absolute atomic E-state index is 12.7. The second-order valence-electron chi connectivity index (χ2n) is 5.16. The maximum atomic E-state index is 12.7. The second-order valence-corrected chi connectivity index (χ2v) is 5.16. The fourth-order valence-electron chi connectivity index (χ4n) is 2.32. The molecule has 2 aromatic carbocycles. The normalized spacial score (nSPS) is 12.3. The number of amides is 1. The molecule has 2 aromatic rings. The highest BCUT2D eigenvalue weighted by atomic mass is 16.5. The summed E-state index contributed by atoms with van der Waals surface area (Å²) in [5.41, 5.74) is -1.06. The third-order valence-electron chi connectivity index (χ3n) is 3.61. The van der Waals surface area contributed by atoms with Gasteiger partial charge in [-0.25, -0.2) is 4.79 Å². The number of rotatable bonds is 5. The van der Waals surface area contributed by atoms with Crippen LogP contribution in [0.1, 0.15) is 18.1 Å². The third kappa shape index (κ3) is 3.40. The summed E-state index contributed by atoms with van der Waals surface area (Å²) in [6.07, 6.45) is 0. The molecule has 0 spiro atoms. The summed E-state index contributed by atoms with van der Waals surface area (Å²) in [4.78, 5) is 24.3. The Bertz CT molecular complexity index is 630. The summed E-state index contributed by atoms with van der Waals surface area (Å²) in [6, 6.07) is 16.3. The average Bonchev–Trinajstić information content (AvgIpc) is 2.61. The van der Waals surface area contributed by atoms with Gasteiger partial charge in [0.25, 0.3) is 5.91 Å². The van der Waals surface area contributed by atoms with Crippen LogP contribution in [-0.2, 0) is 19.9 Å². The summed E-state index contributed by atoms with van der Waals surface area (Å²) < 4.78 is 4.60. The monoisotopic (exact) mass is 313 g/mol. The fraction of sp³-hybridized carbons (Fsp3) is 0.222. The van der Waals surface area contributed by atoms with Crippen LogP contribution in [0.3, 0.4) is 0 Å². The number of esters is 1. The van der Waals surface area contributed by atoms with Gasteiger partial charge in [-0.1, -0.05) is 60.7 Å². The number of ether oxygens (including phenoxy) is 1. The Morgan fingerprint density at radius 2 is 1.43 bits per heavy atom. The van der Waals surface area contributed by atoms with E-state index in [0.717, 1.165) is 0 Å². The quantitative estimate of drug-likeness (QED) is 0.822. The van der Waals surface area contributed by atoms with E-state index in [2.05, 4.69) is 10.1 Å². The molecule has 1 atom stereocenters. The van der Waals surface area contributed by atoms with Gasteiger partial charge in [0.15, 0.2) is 5.60 Å². The number of benzene rings is 2. The first-order valence-electron chi connectivity index (χ1n) is 7.22. The summed E-state index contributed by atoms with van der Waals surface area (Å²) in [5.74, 6) is -1.27. The van der Waals surface area contributed by atoms with E-state index < -0.39 is 23.5 Å². The lowest BCUT2D eigenvalue weighted by Crippen LogP contribution is -2.50. The van der Waals surface area contributed by atoms with Gasteiger partial charge >= 0.3 is 5.97 Å². The van der Waals surface area contributed by atoms with Gasteiger partial charge in [-0.2, -0.15) is 0 Å². The first-order chi connectivity index (χ1) is 11.0. The van der Waals surface area contributed by atoms with E-state index in [1.807, 2.05) is 0 Å². The molecule has 5 nitrogen and oxygen atoms in total. The molecular formula is C18H19NO4. The van der Waals surface area contributed by atoms with Crippen molar-refractivity contribution in [2.45, 2.75) is 18.6 Å². The number of methoxy groups -OCH3 is 1. The number of hydrogen-bond acceptors (Lipinski definition) is 4. The predicted octanol–water partition coefficient (Wildman–Crippen LogP) is 1.60. The van der Waals surface area contributed by atoms with Crippen LogP contribution in [0.2, 0.25) is 0 Å². The van der Waals surface area contributed by atoms with Crippen molar-refractivity contribution in [3.8, 4) is 0 Å². The minimum atomic E-state index is -1.90. The lowest BCUT2D eigenvalue weighted by atomic mass is 9.85. The van der Waals surface area contributed by atoms with Crippen LogP contribution in [0.15, 0.2) is 60.7 Å². The Kier molecular flexibility index (Phi) is 5.13. The topological polar surface area (TPSA) is 75.6 Å². The lowest BCUT2D eigenvalue weighted by molar-refractivity contribution is -0.147. The van der Waals surface area contributed by atoms with Crippen molar-refractivity contribution in [3.05, 3.63) is 71.8 Å². The first kappa shape index (κ1) is 16.7. The zero-order valence-electron chi connectivity index (χ0n) is 13.0. The number of aliphatic hydroxyl groups is 1. The van der Waals surface area contributed by atoms with Crippen molar-refractivity contribution in [2.24, 2.45) is 0 Å². The molecule has 0 bridgehead atoms. The standard InChI is InChI=1S/C18H19NO4/c1-13(16(20)23-2)19-17(21)18(22,14-9-5-3-6-10-14)15-11-7-4-8-12-15/h3-13,22H,1-2H3,(H,19,21). The molecule has 5 heteroatoms. The molecule has 0 saturated heterocycles. The van der Waals surface area contributed by atoms with Crippen LogP contribution in [0.4, 0.5) is 0 Å². The van der Waals surface area contributed by atoms with E-state index in [9.17, 15) is 14.7 Å². The lowest BCUT2D eigenvalue weighted by Gasteiger charge is -2.29. The van der Waals surface area contributed by atoms with Crippen LogP contribution in [0, 0.1) is 0 Å². The zero-order valence-corrected chi connectivity index (χ0v) is 13.0. The van der Waals surface area contributed by atoms with Gasteiger partial charge in [-0.3, -0.25) is 4.79 Å². The average molecular weight is 313 g/mol. The zero-order chi connectivity index (χ0) is 16.9. The van der Waals surface area contributed by atoms with Gasteiger partial charge in [0, 0.05) is 0 Å². The van der Waals surface area contributed by atoms with Crippen LogP contribution >= 0.6 is 0 Å². The van der Waals surface area contributed by atoms with Crippen molar-refractivity contribution in [2.75, 3.05) is 7.11 Å². The Morgan fingerprint density at radius 1 is 1.00 bits per heavy atom. The largest absolute Gasteiger partial charge is 0.467 e. The minimum Gasteiger partial charge on any atom is -0.467 e. The predicted molar refractivity (Wildman–Crippen MR) is 85.5 cm³/mol. The van der Waals surface area contributed by atoms with Crippen LogP contribution in [0.5, 0.6) is 0 Å². The third-order valence-corrected chi connectivity index (χ3v) is 3.61. The number of carbonyl (C=O) groups excluding carboxylic acids is 2. The van der Waals surface area contributed by atoms with Crippen molar-refractivity contribution in [1.82, 2.24) is 5.32 Å². The smallest absolute Gasteiger partial charge is 0.328 e. The minimum absolute atomic E-state index is 0.417. The van der Waals surface area contributed by atoms with E-state index in [1.54, 1.807) is 60.7 Å². The molecule has 23 heavy (non-hydrogen) atoms. The summed E-state index contributed by atoms with van der Waals surface area (Å²) in [6.45, 7) is 1.50. The summed E-state index contributed by atoms with van der Waals surface area (Å²) in [7, 11) is 1.24. The molecule has 0 aliphatic carbocycles. The fourth-order valence-corrected chi connectivity index (χ4v) is 2.32. The molecular weight excluding hydrogens is 294 g/mol. The molecule has 1 amide bonds. The Balaban J connectivity index is 2.43. The van der Waals surface area contributed by atoms with Gasteiger partial charge in [-0.05, 0) is 18.1 Å². The van der Waals surface area contributed by atoms with Crippen molar-refractivity contribution in [1.29, 1.82) is 0 Å². The van der Waals surface area contributed by atoms with E-state index in [-0.39, 0.29) is 0 Å². The van der Waals surface area contributed by atoms with Crippen LogP contribution in [-0.4, -0.2) is 30.1 Å². The second kappa shape index (κ2) is 7.07. The first-order valence-corrected chi connectivity index (χ1v) is 7.22. The van der Waals surface area contributed by atoms with Crippen LogP contribution in [0.25, 0.3) is 0 Å². The molecule has 0 heterocycles. The number of nitrogens with one attached hydrogen (secondary N) is 1. The molecule has 0 fully saturated rings. The van der Waals surface area contributed by atoms with E-state index in [0.29, 0.717) is 11.1 Å². The molecule has 0 aliphatic rings. The highest BCUT2D eigenvalue weighted by Gasteiger charge is 2.40. The molecule has 0 radical (unpaired) electrons. The van der Waals surface area contributed by atoms with E-state index in [4.69, 9.17) is 0 Å². The van der Waals surface area contributed by atoms with Gasteiger partial charge in [0.05, 0.1) is 7.11 Å². The molecule has 0 saturated carbocycles. The number of hydrogen-bond donors (Lipinski definition) is 2. The molecule has 1 unspecified atom stereocenters.